The first-order valence-electron chi connectivity index (χ1n) is 7.63. The van der Waals surface area contributed by atoms with E-state index >= 15 is 0 Å². The highest BCUT2D eigenvalue weighted by Gasteiger charge is 2.23. The maximum atomic E-state index is 12.2. The van der Waals surface area contributed by atoms with Gasteiger partial charge in [0.15, 0.2) is 0 Å². The van der Waals surface area contributed by atoms with Crippen molar-refractivity contribution in [1.29, 1.82) is 0 Å². The van der Waals surface area contributed by atoms with Crippen LogP contribution in [-0.2, 0) is 11.3 Å². The van der Waals surface area contributed by atoms with Crippen molar-refractivity contribution in [1.82, 2.24) is 20.0 Å². The van der Waals surface area contributed by atoms with E-state index in [4.69, 9.17) is 0 Å². The number of aryl methyl sites for hydroxylation is 1. The Balaban J connectivity index is 1.74. The zero-order chi connectivity index (χ0) is 14.4. The number of rotatable bonds is 6. The number of amides is 1. The highest BCUT2D eigenvalue weighted by molar-refractivity contribution is 5.76. The van der Waals surface area contributed by atoms with Gasteiger partial charge in [-0.15, -0.1) is 0 Å². The van der Waals surface area contributed by atoms with E-state index in [9.17, 15) is 4.79 Å². The van der Waals surface area contributed by atoms with E-state index in [2.05, 4.69) is 24.3 Å². The standard InChI is InChI=1S/C15H26N4O/c1-13(2)16-11-14-5-3-8-18(12-14)15(20)6-10-19-9-4-7-17-19/h4,7,9,13-14,16H,3,5-6,8,10-12H2,1-2H3. The van der Waals surface area contributed by atoms with Crippen molar-refractivity contribution in [2.24, 2.45) is 5.92 Å². The van der Waals surface area contributed by atoms with Crippen LogP contribution in [0.5, 0.6) is 0 Å². The first-order chi connectivity index (χ1) is 9.65. The highest BCUT2D eigenvalue weighted by Crippen LogP contribution is 2.16. The first kappa shape index (κ1) is 15.0. The van der Waals surface area contributed by atoms with Crippen molar-refractivity contribution in [2.75, 3.05) is 19.6 Å². The van der Waals surface area contributed by atoms with Crippen molar-refractivity contribution in [3.8, 4) is 0 Å². The van der Waals surface area contributed by atoms with E-state index in [1.165, 1.54) is 6.42 Å². The molecule has 1 aromatic heterocycles. The molecule has 0 saturated carbocycles. The number of piperidine rings is 1. The summed E-state index contributed by atoms with van der Waals surface area (Å²) in [4.78, 5) is 14.3. The Hall–Kier alpha value is -1.36. The molecule has 0 spiro atoms. The zero-order valence-electron chi connectivity index (χ0n) is 12.6. The summed E-state index contributed by atoms with van der Waals surface area (Å²) in [5.74, 6) is 0.856. The van der Waals surface area contributed by atoms with Gasteiger partial charge in [0.05, 0.1) is 0 Å². The van der Waals surface area contributed by atoms with Crippen LogP contribution in [-0.4, -0.2) is 46.3 Å². The zero-order valence-corrected chi connectivity index (χ0v) is 12.6. The van der Waals surface area contributed by atoms with Crippen LogP contribution in [0.1, 0.15) is 33.1 Å². The van der Waals surface area contributed by atoms with Crippen LogP contribution in [0.15, 0.2) is 18.5 Å². The fraction of sp³-hybridized carbons (Fsp3) is 0.733. The molecule has 5 heteroatoms. The Labute approximate surface area is 121 Å². The van der Waals surface area contributed by atoms with Gasteiger partial charge in [-0.1, -0.05) is 13.8 Å². The summed E-state index contributed by atoms with van der Waals surface area (Å²) in [7, 11) is 0. The minimum Gasteiger partial charge on any atom is -0.342 e. The summed E-state index contributed by atoms with van der Waals surface area (Å²) in [6.45, 7) is 7.83. The smallest absolute Gasteiger partial charge is 0.224 e. The number of hydrogen-bond donors (Lipinski definition) is 1. The van der Waals surface area contributed by atoms with E-state index in [1.807, 2.05) is 21.8 Å². The summed E-state index contributed by atoms with van der Waals surface area (Å²) in [5.41, 5.74) is 0. The van der Waals surface area contributed by atoms with E-state index in [0.29, 0.717) is 24.9 Å². The Kier molecular flexibility index (Phi) is 5.59. The molecule has 1 aliphatic rings. The van der Waals surface area contributed by atoms with Crippen LogP contribution in [0.3, 0.4) is 0 Å². The second kappa shape index (κ2) is 7.43. The van der Waals surface area contributed by atoms with Gasteiger partial charge >= 0.3 is 0 Å². The van der Waals surface area contributed by atoms with Crippen LogP contribution in [0.2, 0.25) is 0 Å². The molecule has 112 valence electrons. The van der Waals surface area contributed by atoms with Gasteiger partial charge in [-0.25, -0.2) is 0 Å². The predicted octanol–water partition coefficient (Wildman–Crippen LogP) is 1.51. The molecule has 0 bridgehead atoms. The van der Waals surface area contributed by atoms with Gasteiger partial charge in [-0.3, -0.25) is 9.48 Å². The van der Waals surface area contributed by atoms with E-state index < -0.39 is 0 Å². The van der Waals surface area contributed by atoms with Crippen LogP contribution in [0.25, 0.3) is 0 Å². The van der Waals surface area contributed by atoms with Crippen molar-refractivity contribution in [3.05, 3.63) is 18.5 Å². The molecule has 1 amide bonds. The van der Waals surface area contributed by atoms with Gasteiger partial charge in [0, 0.05) is 44.5 Å². The first-order valence-corrected chi connectivity index (χ1v) is 7.63. The monoisotopic (exact) mass is 278 g/mol. The largest absolute Gasteiger partial charge is 0.342 e. The third-order valence-electron chi connectivity index (χ3n) is 3.80. The highest BCUT2D eigenvalue weighted by atomic mass is 16.2. The Bertz CT molecular complexity index is 402. The van der Waals surface area contributed by atoms with E-state index in [0.717, 1.165) is 26.1 Å². The number of carbonyl (C=O) groups excluding carboxylic acids is 1. The van der Waals surface area contributed by atoms with Crippen LogP contribution < -0.4 is 5.32 Å². The predicted molar refractivity (Wildman–Crippen MR) is 79.3 cm³/mol. The number of likely N-dealkylation sites (tertiary alicyclic amines) is 1. The summed E-state index contributed by atoms with van der Waals surface area (Å²) >= 11 is 0. The molecule has 1 unspecified atom stereocenters. The molecule has 1 aromatic rings. The minimum absolute atomic E-state index is 0.259. The number of carbonyl (C=O) groups is 1. The summed E-state index contributed by atoms with van der Waals surface area (Å²) < 4.78 is 1.82. The lowest BCUT2D eigenvalue weighted by atomic mass is 9.97. The lowest BCUT2D eigenvalue weighted by Gasteiger charge is -2.33. The van der Waals surface area contributed by atoms with Crippen molar-refractivity contribution >= 4 is 5.91 Å². The molecule has 0 aromatic carbocycles. The Morgan fingerprint density at radius 2 is 2.35 bits per heavy atom. The molecule has 1 saturated heterocycles. The molecular formula is C15H26N4O. The Morgan fingerprint density at radius 3 is 3.05 bits per heavy atom. The number of aromatic nitrogens is 2. The molecule has 1 fully saturated rings. The maximum absolute atomic E-state index is 12.2. The van der Waals surface area contributed by atoms with Gasteiger partial charge in [-0.05, 0) is 31.4 Å². The minimum atomic E-state index is 0.259. The molecule has 2 heterocycles. The van der Waals surface area contributed by atoms with Crippen LogP contribution in [0, 0.1) is 5.92 Å². The molecule has 5 nitrogen and oxygen atoms in total. The summed E-state index contributed by atoms with van der Waals surface area (Å²) in [6, 6.07) is 2.40. The van der Waals surface area contributed by atoms with Gasteiger partial charge in [0.1, 0.15) is 0 Å². The average molecular weight is 278 g/mol. The molecule has 0 radical (unpaired) electrons. The van der Waals surface area contributed by atoms with Gasteiger partial charge in [0.25, 0.3) is 0 Å². The third-order valence-corrected chi connectivity index (χ3v) is 3.80. The molecule has 2 rings (SSSR count). The van der Waals surface area contributed by atoms with Crippen molar-refractivity contribution in [2.45, 2.75) is 45.7 Å². The van der Waals surface area contributed by atoms with Crippen LogP contribution >= 0.6 is 0 Å². The van der Waals surface area contributed by atoms with Crippen molar-refractivity contribution < 1.29 is 4.79 Å². The fourth-order valence-electron chi connectivity index (χ4n) is 2.66. The third kappa shape index (κ3) is 4.63. The SMILES string of the molecule is CC(C)NCC1CCCN(C(=O)CCn2cccn2)C1. The fourth-order valence-corrected chi connectivity index (χ4v) is 2.66. The second-order valence-electron chi connectivity index (χ2n) is 5.93. The molecule has 1 N–H and O–H groups in total. The lowest BCUT2D eigenvalue weighted by Crippen LogP contribution is -2.44. The molecular weight excluding hydrogens is 252 g/mol. The van der Waals surface area contributed by atoms with Gasteiger partial charge < -0.3 is 10.2 Å². The normalized spacial score (nSPS) is 19.6. The summed E-state index contributed by atoms with van der Waals surface area (Å²) in [5, 5.41) is 7.61. The average Bonchev–Trinajstić information content (AvgIpc) is 2.96. The maximum Gasteiger partial charge on any atom is 0.224 e. The molecule has 0 aliphatic carbocycles. The van der Waals surface area contributed by atoms with Crippen molar-refractivity contribution in [3.63, 3.8) is 0 Å². The van der Waals surface area contributed by atoms with E-state index in [-0.39, 0.29) is 5.91 Å². The number of hydrogen-bond acceptors (Lipinski definition) is 3. The number of nitrogens with one attached hydrogen (secondary N) is 1. The quantitative estimate of drug-likeness (QED) is 0.858. The van der Waals surface area contributed by atoms with Gasteiger partial charge in [-0.2, -0.15) is 5.10 Å². The second-order valence-corrected chi connectivity index (χ2v) is 5.93. The Morgan fingerprint density at radius 1 is 1.50 bits per heavy atom. The number of nitrogens with zero attached hydrogens (tertiary/aromatic N) is 3. The van der Waals surface area contributed by atoms with Crippen LogP contribution in [0.4, 0.5) is 0 Å². The van der Waals surface area contributed by atoms with Gasteiger partial charge in [0.2, 0.25) is 5.91 Å². The van der Waals surface area contributed by atoms with E-state index in [1.54, 1.807) is 6.20 Å². The molecule has 1 aliphatic heterocycles. The summed E-state index contributed by atoms with van der Waals surface area (Å²) in [6.07, 6.45) is 6.55. The topological polar surface area (TPSA) is 50.2 Å². The lowest BCUT2D eigenvalue weighted by molar-refractivity contribution is -0.133. The molecule has 1 atom stereocenters. The molecule has 20 heavy (non-hydrogen) atoms.